The molecule has 5 heterocycles. The number of fused-ring (bicyclic) bond motifs is 1. The maximum Gasteiger partial charge on any atom is 0.418 e. The largest absolute Gasteiger partial charge is 0.418 e. The van der Waals surface area contributed by atoms with Crippen LogP contribution in [0.4, 0.5) is 17.6 Å². The van der Waals surface area contributed by atoms with Gasteiger partial charge in [0.2, 0.25) is 0 Å². The van der Waals surface area contributed by atoms with Gasteiger partial charge in [-0.25, -0.2) is 9.18 Å². The molecule has 0 spiro atoms. The fraction of sp³-hybridized carbons (Fsp3) is 0.464. The van der Waals surface area contributed by atoms with E-state index in [0.717, 1.165) is 21.9 Å². The molecule has 0 unspecified atom stereocenters. The minimum atomic E-state index is -4.67. The van der Waals surface area contributed by atoms with Crippen molar-refractivity contribution in [1.82, 2.24) is 28.6 Å². The lowest BCUT2D eigenvalue weighted by Crippen LogP contribution is -2.49. The molecular weight excluding hydrogens is 528 g/mol. The van der Waals surface area contributed by atoms with Crippen LogP contribution >= 0.6 is 0 Å². The molecule has 0 amide bonds. The van der Waals surface area contributed by atoms with Gasteiger partial charge in [0.05, 0.1) is 30.0 Å². The highest BCUT2D eigenvalue weighted by atomic mass is 19.4. The quantitative estimate of drug-likeness (QED) is 0.331. The summed E-state index contributed by atoms with van der Waals surface area (Å²) in [6, 6.07) is 7.97. The average Bonchev–Trinajstić information content (AvgIpc) is 3.47. The SMILES string of the molecule is C[C@H](c1cc(C(F)(F)F)c2cn(-c3cccc(C4(Cc5nncn5C)COC4)c3)c(=O)n2c1)N1CCC(F)CC1. The molecule has 12 heteroatoms. The summed E-state index contributed by atoms with van der Waals surface area (Å²) in [5.41, 5.74) is -0.350. The summed E-state index contributed by atoms with van der Waals surface area (Å²) in [6.07, 6.45) is 0.0461. The number of pyridine rings is 1. The van der Waals surface area contributed by atoms with Gasteiger partial charge in [0, 0.05) is 50.4 Å². The van der Waals surface area contributed by atoms with Gasteiger partial charge in [-0.2, -0.15) is 13.2 Å². The van der Waals surface area contributed by atoms with Crippen molar-refractivity contribution in [2.45, 2.75) is 50.0 Å². The zero-order valence-electron chi connectivity index (χ0n) is 22.2. The minimum Gasteiger partial charge on any atom is -0.379 e. The topological polar surface area (TPSA) is 69.6 Å². The number of halogens is 4. The summed E-state index contributed by atoms with van der Waals surface area (Å²) in [5, 5.41) is 8.15. The fourth-order valence-electron chi connectivity index (χ4n) is 5.79. The molecule has 4 aromatic rings. The van der Waals surface area contributed by atoms with Gasteiger partial charge in [-0.1, -0.05) is 12.1 Å². The first-order valence-corrected chi connectivity index (χ1v) is 13.3. The van der Waals surface area contributed by atoms with E-state index in [2.05, 4.69) is 10.2 Å². The van der Waals surface area contributed by atoms with Crippen molar-refractivity contribution < 1.29 is 22.3 Å². The smallest absolute Gasteiger partial charge is 0.379 e. The van der Waals surface area contributed by atoms with Crippen molar-refractivity contribution in [3.05, 3.63) is 82.1 Å². The van der Waals surface area contributed by atoms with Crippen LogP contribution in [0.25, 0.3) is 11.2 Å². The first-order chi connectivity index (χ1) is 19.1. The second kappa shape index (κ2) is 9.84. The minimum absolute atomic E-state index is 0.220. The molecule has 2 aliphatic heterocycles. The molecule has 0 aliphatic carbocycles. The van der Waals surface area contributed by atoms with E-state index >= 15 is 0 Å². The zero-order valence-corrected chi connectivity index (χ0v) is 22.2. The van der Waals surface area contributed by atoms with Crippen LogP contribution in [0, 0.1) is 0 Å². The Morgan fingerprint density at radius 2 is 1.90 bits per heavy atom. The van der Waals surface area contributed by atoms with Gasteiger partial charge in [-0.05, 0) is 49.1 Å². The molecule has 1 aromatic carbocycles. The molecule has 2 fully saturated rings. The molecule has 40 heavy (non-hydrogen) atoms. The number of aromatic nitrogens is 5. The maximum atomic E-state index is 14.3. The molecule has 8 nitrogen and oxygen atoms in total. The van der Waals surface area contributed by atoms with E-state index in [0.29, 0.717) is 56.8 Å². The molecule has 6 rings (SSSR count). The summed E-state index contributed by atoms with van der Waals surface area (Å²) < 4.78 is 66.2. The summed E-state index contributed by atoms with van der Waals surface area (Å²) >= 11 is 0. The van der Waals surface area contributed by atoms with Crippen LogP contribution in [0.3, 0.4) is 0 Å². The van der Waals surface area contributed by atoms with E-state index in [1.54, 1.807) is 25.4 Å². The van der Waals surface area contributed by atoms with E-state index in [4.69, 9.17) is 4.74 Å². The van der Waals surface area contributed by atoms with Crippen LogP contribution in [-0.2, 0) is 29.8 Å². The number of aryl methyl sites for hydroxylation is 1. The highest BCUT2D eigenvalue weighted by molar-refractivity contribution is 5.58. The standard InChI is InChI=1S/C28H30F4N6O2/c1-18(36-8-6-21(29)7-9-36)19-10-23(28(30,31)32)24-14-37(26(39)38(24)13-19)22-5-3-4-20(11-22)27(15-40-16-27)12-25-34-33-17-35(25)2/h3-5,10-11,13-14,17-18,21H,6-9,12,15-16H2,1-2H3/t18-/m1/s1. The van der Waals surface area contributed by atoms with Crippen LogP contribution in [0.15, 0.2) is 53.8 Å². The molecule has 212 valence electrons. The highest BCUT2D eigenvalue weighted by Gasteiger charge is 2.42. The van der Waals surface area contributed by atoms with E-state index in [1.165, 1.54) is 17.0 Å². The number of likely N-dealkylation sites (tertiary alicyclic amines) is 1. The lowest BCUT2D eigenvalue weighted by atomic mass is 9.75. The Labute approximate surface area is 227 Å². The lowest BCUT2D eigenvalue weighted by molar-refractivity contribution is -0.136. The van der Waals surface area contributed by atoms with Gasteiger partial charge in [-0.3, -0.25) is 13.9 Å². The summed E-state index contributed by atoms with van der Waals surface area (Å²) in [5.74, 6) is 0.785. The van der Waals surface area contributed by atoms with Gasteiger partial charge < -0.3 is 9.30 Å². The first kappa shape index (κ1) is 26.7. The van der Waals surface area contributed by atoms with Crippen molar-refractivity contribution >= 4 is 5.52 Å². The predicted octanol–water partition coefficient (Wildman–Crippen LogP) is 4.24. The second-order valence-corrected chi connectivity index (χ2v) is 11.0. The Balaban J connectivity index is 1.41. The average molecular weight is 559 g/mol. The second-order valence-electron chi connectivity index (χ2n) is 11.0. The number of benzene rings is 1. The van der Waals surface area contributed by atoms with Gasteiger partial charge >= 0.3 is 11.9 Å². The zero-order chi connectivity index (χ0) is 28.2. The summed E-state index contributed by atoms with van der Waals surface area (Å²) in [7, 11) is 1.86. The molecule has 0 N–H and O–H groups in total. The highest BCUT2D eigenvalue weighted by Crippen LogP contribution is 2.38. The van der Waals surface area contributed by atoms with Crippen LogP contribution < -0.4 is 5.69 Å². The van der Waals surface area contributed by atoms with E-state index < -0.39 is 29.6 Å². The van der Waals surface area contributed by atoms with Crippen LogP contribution in [0.2, 0.25) is 0 Å². The van der Waals surface area contributed by atoms with Gasteiger partial charge in [-0.15, -0.1) is 10.2 Å². The van der Waals surface area contributed by atoms with Crippen molar-refractivity contribution in [3.63, 3.8) is 0 Å². The third-order valence-corrected chi connectivity index (χ3v) is 8.38. The van der Waals surface area contributed by atoms with E-state index in [1.807, 2.05) is 28.6 Å². The molecular formula is C28H30F4N6O2. The maximum absolute atomic E-state index is 14.3. The molecule has 0 radical (unpaired) electrons. The van der Waals surface area contributed by atoms with Crippen molar-refractivity contribution in [3.8, 4) is 5.69 Å². The fourth-order valence-corrected chi connectivity index (χ4v) is 5.79. The number of alkyl halides is 4. The van der Waals surface area contributed by atoms with Gasteiger partial charge in [0.15, 0.2) is 0 Å². The van der Waals surface area contributed by atoms with Crippen LogP contribution in [-0.4, -0.2) is 61.1 Å². The predicted molar refractivity (Wildman–Crippen MR) is 139 cm³/mol. The molecule has 0 bridgehead atoms. The summed E-state index contributed by atoms with van der Waals surface area (Å²) in [4.78, 5) is 15.6. The number of ether oxygens (including phenoxy) is 1. The van der Waals surface area contributed by atoms with Crippen LogP contribution in [0.1, 0.15) is 48.3 Å². The Kier molecular flexibility index (Phi) is 6.57. The van der Waals surface area contributed by atoms with Gasteiger partial charge in [0.1, 0.15) is 18.3 Å². The number of nitrogens with zero attached hydrogens (tertiary/aromatic N) is 6. The monoisotopic (exact) mass is 558 g/mol. The normalized spacial score (nSPS) is 19.1. The van der Waals surface area contributed by atoms with Crippen LogP contribution in [0.5, 0.6) is 0 Å². The number of rotatable bonds is 6. The first-order valence-electron chi connectivity index (χ1n) is 13.3. The molecule has 0 saturated carbocycles. The van der Waals surface area contributed by atoms with Crippen molar-refractivity contribution in [1.29, 1.82) is 0 Å². The van der Waals surface area contributed by atoms with E-state index in [9.17, 15) is 22.4 Å². The third kappa shape index (κ3) is 4.62. The molecule has 3 aromatic heterocycles. The number of imidazole rings is 1. The lowest BCUT2D eigenvalue weighted by Gasteiger charge is -2.41. The Bertz CT molecular complexity index is 1590. The van der Waals surface area contributed by atoms with Crippen molar-refractivity contribution in [2.24, 2.45) is 7.05 Å². The summed E-state index contributed by atoms with van der Waals surface area (Å²) in [6.45, 7) is 3.60. The van der Waals surface area contributed by atoms with Crippen molar-refractivity contribution in [2.75, 3.05) is 26.3 Å². The molecule has 2 aliphatic rings. The number of hydrogen-bond acceptors (Lipinski definition) is 5. The number of hydrogen-bond donors (Lipinski definition) is 0. The Morgan fingerprint density at radius 3 is 2.52 bits per heavy atom. The Morgan fingerprint density at radius 1 is 1.15 bits per heavy atom. The number of piperidine rings is 1. The Hall–Kier alpha value is -3.51. The third-order valence-electron chi connectivity index (χ3n) is 8.38. The molecule has 1 atom stereocenters. The van der Waals surface area contributed by atoms with Gasteiger partial charge in [0.25, 0.3) is 0 Å². The van der Waals surface area contributed by atoms with E-state index in [-0.39, 0.29) is 10.9 Å². The molecule has 2 saturated heterocycles.